The van der Waals surface area contributed by atoms with E-state index < -0.39 is 13.9 Å². The maximum atomic E-state index is 13.5. The number of hydrogen-bond acceptors (Lipinski definition) is 3. The van der Waals surface area contributed by atoms with Gasteiger partial charge >= 0.3 is 0 Å². The van der Waals surface area contributed by atoms with Crippen molar-refractivity contribution in [3.63, 3.8) is 0 Å². The lowest BCUT2D eigenvalue weighted by molar-refractivity contribution is -0.119. The molecule has 4 aromatic carbocycles. The van der Waals surface area contributed by atoms with Gasteiger partial charge in [0.15, 0.2) is 14.1 Å². The fraction of sp³-hybridized carbons (Fsp3) is 0.302. The van der Waals surface area contributed by atoms with Crippen LogP contribution < -0.4 is 0 Å². The molecular weight excluding hydrogens is 640 g/mol. The van der Waals surface area contributed by atoms with Crippen molar-refractivity contribution < 1.29 is 9.22 Å². The van der Waals surface area contributed by atoms with E-state index in [9.17, 15) is 4.79 Å². The average molecular weight is 687 g/mol. The second-order valence-corrected chi connectivity index (χ2v) is 19.9. The third-order valence-electron chi connectivity index (χ3n) is 10.6. The maximum absolute atomic E-state index is 13.5. The van der Waals surface area contributed by atoms with Crippen LogP contribution in [-0.2, 0) is 14.8 Å². The standard InChI is InChI=1S/C43H47ClN2O2Si/c1-42(2,3)49(4,5)48-36-26-24-32(25-27-36)41(47)29-28-37-38(22-15-23-39(37)44)40-30-46(31-45-40)43(33-16-9-6-10-17-33,34-18-11-7-12-19-34)35-20-13-8-14-21-35/h6-23,28-32,36H,24-27H2,1-5H3/b29-28+. The number of halogens is 1. The van der Waals surface area contributed by atoms with Crippen LogP contribution in [0, 0.1) is 5.92 Å². The molecule has 1 saturated carbocycles. The molecule has 0 bridgehead atoms. The molecule has 0 aliphatic heterocycles. The van der Waals surface area contributed by atoms with Gasteiger partial charge in [-0.3, -0.25) is 4.79 Å². The van der Waals surface area contributed by atoms with Gasteiger partial charge in [0.25, 0.3) is 0 Å². The van der Waals surface area contributed by atoms with Crippen molar-refractivity contribution in [1.29, 1.82) is 0 Å². The van der Waals surface area contributed by atoms with Crippen LogP contribution in [0.4, 0.5) is 0 Å². The molecule has 0 N–H and O–H groups in total. The number of imidazole rings is 1. The smallest absolute Gasteiger partial charge is 0.192 e. The van der Waals surface area contributed by atoms with Crippen molar-refractivity contribution in [2.75, 3.05) is 0 Å². The number of benzene rings is 4. The molecule has 1 aliphatic carbocycles. The van der Waals surface area contributed by atoms with Gasteiger partial charge in [0.05, 0.1) is 12.0 Å². The van der Waals surface area contributed by atoms with E-state index in [2.05, 4.69) is 117 Å². The molecule has 4 nitrogen and oxygen atoms in total. The van der Waals surface area contributed by atoms with Crippen LogP contribution >= 0.6 is 11.6 Å². The van der Waals surface area contributed by atoms with Crippen molar-refractivity contribution in [2.24, 2.45) is 5.92 Å². The lowest BCUT2D eigenvalue weighted by atomic mass is 9.77. The predicted octanol–water partition coefficient (Wildman–Crippen LogP) is 11.2. The topological polar surface area (TPSA) is 44.1 Å². The molecule has 1 aromatic heterocycles. The Balaban J connectivity index is 1.31. The number of hydrogen-bond donors (Lipinski definition) is 0. The third-order valence-corrected chi connectivity index (χ3v) is 15.5. The molecule has 1 heterocycles. The van der Waals surface area contributed by atoms with Crippen LogP contribution in [0.1, 0.15) is 68.7 Å². The second-order valence-electron chi connectivity index (χ2n) is 14.8. The van der Waals surface area contributed by atoms with Crippen molar-refractivity contribution >= 4 is 31.8 Å². The number of ketones is 1. The number of aromatic nitrogens is 2. The van der Waals surface area contributed by atoms with Gasteiger partial charge < -0.3 is 8.99 Å². The molecule has 6 rings (SSSR count). The molecule has 0 amide bonds. The zero-order valence-corrected chi connectivity index (χ0v) is 31.0. The molecule has 0 atom stereocenters. The summed E-state index contributed by atoms with van der Waals surface area (Å²) in [6.07, 6.45) is 11.4. The summed E-state index contributed by atoms with van der Waals surface area (Å²) in [5.74, 6) is 0.155. The average Bonchev–Trinajstić information content (AvgIpc) is 3.59. The van der Waals surface area contributed by atoms with Gasteiger partial charge in [0, 0.05) is 34.4 Å². The monoisotopic (exact) mass is 686 g/mol. The first-order valence-electron chi connectivity index (χ1n) is 17.4. The fourth-order valence-corrected chi connectivity index (χ4v) is 8.58. The van der Waals surface area contributed by atoms with Crippen LogP contribution in [0.15, 0.2) is 128 Å². The normalized spacial score (nSPS) is 17.3. The van der Waals surface area contributed by atoms with E-state index in [1.165, 1.54) is 0 Å². The van der Waals surface area contributed by atoms with E-state index in [1.54, 1.807) is 6.08 Å². The number of nitrogens with zero attached hydrogens (tertiary/aromatic N) is 2. The minimum absolute atomic E-state index is 0.00361. The summed E-state index contributed by atoms with van der Waals surface area (Å²) in [6.45, 7) is 11.4. The summed E-state index contributed by atoms with van der Waals surface area (Å²) < 4.78 is 8.88. The Hall–Kier alpha value is -4.03. The van der Waals surface area contributed by atoms with E-state index in [0.717, 1.165) is 59.2 Å². The van der Waals surface area contributed by atoms with Gasteiger partial charge in [0.2, 0.25) is 0 Å². The van der Waals surface area contributed by atoms with E-state index in [-0.39, 0.29) is 22.8 Å². The Labute approximate surface area is 298 Å². The van der Waals surface area contributed by atoms with E-state index >= 15 is 0 Å². The lowest BCUT2D eigenvalue weighted by Crippen LogP contribution is -2.45. The van der Waals surface area contributed by atoms with Crippen LogP contribution in [0.3, 0.4) is 0 Å². The zero-order chi connectivity index (χ0) is 34.6. The Morgan fingerprint density at radius 3 is 1.84 bits per heavy atom. The Morgan fingerprint density at radius 2 is 1.33 bits per heavy atom. The van der Waals surface area contributed by atoms with Crippen LogP contribution in [0.5, 0.6) is 0 Å². The van der Waals surface area contributed by atoms with E-state index in [1.807, 2.05) is 48.8 Å². The Bertz CT molecular complexity index is 1790. The van der Waals surface area contributed by atoms with Gasteiger partial charge in [-0.1, -0.05) is 136 Å². The molecule has 5 aromatic rings. The van der Waals surface area contributed by atoms with Crippen LogP contribution in [0.25, 0.3) is 17.3 Å². The molecule has 0 saturated heterocycles. The highest BCUT2D eigenvalue weighted by atomic mass is 35.5. The SMILES string of the molecule is CC(C)(C)[Si](C)(C)OC1CCC(C(=O)/C=C/c2c(Cl)cccc2-c2cn(C(c3ccccc3)(c3ccccc3)c3ccccc3)cn2)CC1. The predicted molar refractivity (Wildman–Crippen MR) is 205 cm³/mol. The van der Waals surface area contributed by atoms with Gasteiger partial charge in [0.1, 0.15) is 5.54 Å². The quantitative estimate of drug-likeness (QED) is 0.0834. The highest BCUT2D eigenvalue weighted by Crippen LogP contribution is 2.43. The van der Waals surface area contributed by atoms with E-state index in [4.69, 9.17) is 21.0 Å². The lowest BCUT2D eigenvalue weighted by Gasteiger charge is -2.41. The first-order chi connectivity index (χ1) is 23.5. The van der Waals surface area contributed by atoms with Crippen molar-refractivity contribution in [1.82, 2.24) is 9.55 Å². The molecule has 1 aliphatic rings. The zero-order valence-electron chi connectivity index (χ0n) is 29.3. The molecule has 0 spiro atoms. The molecule has 252 valence electrons. The summed E-state index contributed by atoms with van der Waals surface area (Å²) in [6, 6.07) is 37.5. The van der Waals surface area contributed by atoms with Gasteiger partial charge in [-0.15, -0.1) is 0 Å². The molecule has 0 unspecified atom stereocenters. The highest BCUT2D eigenvalue weighted by Gasteiger charge is 2.41. The highest BCUT2D eigenvalue weighted by molar-refractivity contribution is 6.74. The Kier molecular flexibility index (Phi) is 10.3. The minimum atomic E-state index is -1.84. The van der Waals surface area contributed by atoms with Gasteiger partial charge in [-0.2, -0.15) is 0 Å². The summed E-state index contributed by atoms with van der Waals surface area (Å²) in [7, 11) is -1.84. The van der Waals surface area contributed by atoms with Crippen molar-refractivity contribution in [2.45, 2.75) is 76.2 Å². The third kappa shape index (κ3) is 7.16. The second kappa shape index (κ2) is 14.4. The maximum Gasteiger partial charge on any atom is 0.192 e. The molecule has 0 radical (unpaired) electrons. The van der Waals surface area contributed by atoms with Gasteiger partial charge in [-0.05, 0) is 78.7 Å². The summed E-state index contributed by atoms with van der Waals surface area (Å²) in [5.41, 5.74) is 5.15. The summed E-state index contributed by atoms with van der Waals surface area (Å²) in [4.78, 5) is 18.5. The number of carbonyl (C=O) groups excluding carboxylic acids is 1. The van der Waals surface area contributed by atoms with Crippen LogP contribution in [-0.4, -0.2) is 29.8 Å². The molecule has 1 fully saturated rings. The molecular formula is C43H47ClN2O2Si. The van der Waals surface area contributed by atoms with E-state index in [0.29, 0.717) is 5.02 Å². The first-order valence-corrected chi connectivity index (χ1v) is 20.7. The van der Waals surface area contributed by atoms with Crippen molar-refractivity contribution in [3.05, 3.63) is 155 Å². The summed E-state index contributed by atoms with van der Waals surface area (Å²) >= 11 is 6.84. The van der Waals surface area contributed by atoms with Crippen LogP contribution in [0.2, 0.25) is 23.2 Å². The molecule has 49 heavy (non-hydrogen) atoms. The first kappa shape index (κ1) is 34.8. The van der Waals surface area contributed by atoms with Crippen molar-refractivity contribution in [3.8, 4) is 11.3 Å². The largest absolute Gasteiger partial charge is 0.414 e. The number of allylic oxidation sites excluding steroid dienone is 1. The fourth-order valence-electron chi connectivity index (χ4n) is 6.92. The number of rotatable bonds is 10. The minimum Gasteiger partial charge on any atom is -0.414 e. The number of carbonyl (C=O) groups is 1. The summed E-state index contributed by atoms with van der Waals surface area (Å²) in [5, 5.41) is 0.764. The van der Waals surface area contributed by atoms with Gasteiger partial charge in [-0.25, -0.2) is 4.98 Å². The molecule has 6 heteroatoms. The Morgan fingerprint density at radius 1 is 0.796 bits per heavy atom.